The Morgan fingerprint density at radius 2 is 2.00 bits per heavy atom. The van der Waals surface area contributed by atoms with Gasteiger partial charge in [0.05, 0.1) is 5.69 Å². The van der Waals surface area contributed by atoms with Gasteiger partial charge in [-0.15, -0.1) is 11.3 Å². The summed E-state index contributed by atoms with van der Waals surface area (Å²) in [5.41, 5.74) is 4.80. The van der Waals surface area contributed by atoms with Gasteiger partial charge in [0.25, 0.3) is 0 Å². The number of allylic oxidation sites excluding steroid dienone is 3. The zero-order valence-electron chi connectivity index (χ0n) is 14.4. The first-order valence-electron chi connectivity index (χ1n) is 7.84. The van der Waals surface area contributed by atoms with Crippen LogP contribution in [-0.2, 0) is 6.42 Å². The molecule has 1 aromatic heterocycles. The molecule has 0 aliphatic carbocycles. The van der Waals surface area contributed by atoms with Crippen LogP contribution in [0.4, 0.5) is 10.8 Å². The summed E-state index contributed by atoms with van der Waals surface area (Å²) in [6.45, 7) is 10.7. The summed E-state index contributed by atoms with van der Waals surface area (Å²) in [5.74, 6) is 0. The van der Waals surface area contributed by atoms with Crippen LogP contribution in [0.5, 0.6) is 0 Å². The van der Waals surface area contributed by atoms with Crippen molar-refractivity contribution in [3.05, 3.63) is 57.5 Å². The number of thiazole rings is 1. The fraction of sp³-hybridized carbons (Fsp3) is 0.316. The van der Waals surface area contributed by atoms with Gasteiger partial charge in [-0.3, -0.25) is 0 Å². The molecule has 0 unspecified atom stereocenters. The fourth-order valence-corrected chi connectivity index (χ4v) is 3.77. The number of para-hydroxylation sites is 1. The van der Waals surface area contributed by atoms with Crippen LogP contribution in [0, 0.1) is 0 Å². The van der Waals surface area contributed by atoms with Crippen molar-refractivity contribution in [2.75, 3.05) is 5.32 Å². The first kappa shape index (κ1) is 17.8. The lowest BCUT2D eigenvalue weighted by atomic mass is 10.1. The van der Waals surface area contributed by atoms with Crippen molar-refractivity contribution in [1.82, 2.24) is 4.98 Å². The van der Waals surface area contributed by atoms with Gasteiger partial charge >= 0.3 is 0 Å². The molecule has 1 aromatic carbocycles. The molecule has 2 rings (SSSR count). The van der Waals surface area contributed by atoms with E-state index in [0.717, 1.165) is 22.9 Å². The van der Waals surface area contributed by atoms with Crippen LogP contribution in [0.1, 0.15) is 45.9 Å². The summed E-state index contributed by atoms with van der Waals surface area (Å²) in [4.78, 5) is 7.33. The number of aryl methyl sites for hydroxylation is 1. The molecule has 0 fully saturated rings. The van der Waals surface area contributed by atoms with Crippen LogP contribution in [0.15, 0.2) is 46.2 Å². The minimum absolute atomic E-state index is 0.943. The number of nitrogens with one attached hydrogen (secondary N) is 1. The maximum absolute atomic E-state index is 4.79. The summed E-state index contributed by atoms with van der Waals surface area (Å²) < 4.78 is 0. The van der Waals surface area contributed by atoms with Crippen LogP contribution in [0.2, 0.25) is 0 Å². The number of aromatic nitrogens is 1. The highest BCUT2D eigenvalue weighted by molar-refractivity contribution is 8.11. The van der Waals surface area contributed by atoms with Gasteiger partial charge in [0.1, 0.15) is 0 Å². The molecule has 4 heteroatoms. The van der Waals surface area contributed by atoms with Crippen LogP contribution in [0.3, 0.4) is 0 Å². The van der Waals surface area contributed by atoms with Crippen molar-refractivity contribution in [2.45, 2.75) is 41.0 Å². The quantitative estimate of drug-likeness (QED) is 0.620. The molecule has 1 N–H and O–H groups in total. The molecule has 1 heterocycles. The van der Waals surface area contributed by atoms with Crippen molar-refractivity contribution >= 4 is 38.8 Å². The maximum atomic E-state index is 4.79. The van der Waals surface area contributed by atoms with E-state index < -0.39 is 0 Å². The second kappa shape index (κ2) is 8.37. The SMILES string of the molecule is C/C=C(\C)SC(=C(C)C)c1csc(Nc2ccccc2CC)n1. The first-order valence-corrected chi connectivity index (χ1v) is 9.53. The lowest BCUT2D eigenvalue weighted by molar-refractivity contribution is 1.14. The largest absolute Gasteiger partial charge is 0.331 e. The predicted octanol–water partition coefficient (Wildman–Crippen LogP) is 6.86. The van der Waals surface area contributed by atoms with Gasteiger partial charge in [-0.05, 0) is 50.7 Å². The second-order valence-corrected chi connectivity index (χ2v) is 7.62. The van der Waals surface area contributed by atoms with E-state index in [1.165, 1.54) is 20.9 Å². The molecule has 0 saturated carbocycles. The Hall–Kier alpha value is -1.52. The average molecular weight is 345 g/mol. The number of hydrogen-bond acceptors (Lipinski definition) is 4. The molecule has 0 aliphatic heterocycles. The summed E-state index contributed by atoms with van der Waals surface area (Å²) in [5, 5.41) is 6.54. The van der Waals surface area contributed by atoms with Gasteiger partial charge in [0, 0.05) is 16.0 Å². The molecule has 0 saturated heterocycles. The molecular formula is C19H24N2S2. The standard InChI is InChI=1S/C19H24N2S2/c1-6-14(5)23-18(13(3)4)17-12-22-19(21-17)20-16-11-9-8-10-15(16)7-2/h6,8-12H,7H2,1-5H3,(H,20,21)/b14-6+. The Labute approximate surface area is 147 Å². The van der Waals surface area contributed by atoms with Crippen molar-refractivity contribution in [1.29, 1.82) is 0 Å². The predicted molar refractivity (Wildman–Crippen MR) is 107 cm³/mol. The fourth-order valence-electron chi connectivity index (χ4n) is 2.13. The molecule has 2 nitrogen and oxygen atoms in total. The monoisotopic (exact) mass is 344 g/mol. The van der Waals surface area contributed by atoms with Crippen molar-refractivity contribution in [2.24, 2.45) is 0 Å². The topological polar surface area (TPSA) is 24.9 Å². The summed E-state index contributed by atoms with van der Waals surface area (Å²) in [6.07, 6.45) is 3.15. The van der Waals surface area contributed by atoms with Gasteiger partial charge in [0.2, 0.25) is 0 Å². The Kier molecular flexibility index (Phi) is 6.48. The minimum atomic E-state index is 0.943. The molecule has 0 aliphatic rings. The normalized spacial score (nSPS) is 11.4. The lowest BCUT2D eigenvalue weighted by Crippen LogP contribution is -1.95. The van der Waals surface area contributed by atoms with E-state index in [1.54, 1.807) is 23.1 Å². The second-order valence-electron chi connectivity index (χ2n) is 5.50. The van der Waals surface area contributed by atoms with Crippen molar-refractivity contribution in [3.63, 3.8) is 0 Å². The number of benzene rings is 1. The highest BCUT2D eigenvalue weighted by Gasteiger charge is 2.11. The van der Waals surface area contributed by atoms with E-state index in [9.17, 15) is 0 Å². The maximum Gasteiger partial charge on any atom is 0.187 e. The van der Waals surface area contributed by atoms with E-state index in [-0.39, 0.29) is 0 Å². The Bertz CT molecular complexity index is 722. The third kappa shape index (κ3) is 4.72. The summed E-state index contributed by atoms with van der Waals surface area (Å²) >= 11 is 3.45. The van der Waals surface area contributed by atoms with Crippen molar-refractivity contribution < 1.29 is 0 Å². The molecule has 2 aromatic rings. The number of thioether (sulfide) groups is 1. The summed E-state index contributed by atoms with van der Waals surface area (Å²) in [7, 11) is 0. The van der Waals surface area contributed by atoms with E-state index in [1.807, 2.05) is 0 Å². The molecule has 0 spiro atoms. The smallest absolute Gasteiger partial charge is 0.187 e. The molecule has 0 bridgehead atoms. The average Bonchev–Trinajstić information content (AvgIpc) is 3.00. The number of anilines is 2. The zero-order valence-corrected chi connectivity index (χ0v) is 16.1. The van der Waals surface area contributed by atoms with E-state index in [2.05, 4.69) is 75.7 Å². The summed E-state index contributed by atoms with van der Waals surface area (Å²) in [6, 6.07) is 8.40. The van der Waals surface area contributed by atoms with Crippen LogP contribution in [0.25, 0.3) is 4.91 Å². The number of hydrogen-bond donors (Lipinski definition) is 1. The molecule has 23 heavy (non-hydrogen) atoms. The Morgan fingerprint density at radius 1 is 1.26 bits per heavy atom. The van der Waals surface area contributed by atoms with Crippen LogP contribution in [-0.4, -0.2) is 4.98 Å². The van der Waals surface area contributed by atoms with Gasteiger partial charge in [-0.25, -0.2) is 4.98 Å². The first-order chi connectivity index (χ1) is 11.0. The van der Waals surface area contributed by atoms with E-state index in [4.69, 9.17) is 4.98 Å². The van der Waals surface area contributed by atoms with Crippen LogP contribution >= 0.6 is 23.1 Å². The zero-order chi connectivity index (χ0) is 16.8. The van der Waals surface area contributed by atoms with Gasteiger partial charge < -0.3 is 5.32 Å². The van der Waals surface area contributed by atoms with Crippen molar-refractivity contribution in [3.8, 4) is 0 Å². The highest BCUT2D eigenvalue weighted by Crippen LogP contribution is 2.37. The molecule has 0 amide bonds. The number of rotatable bonds is 6. The van der Waals surface area contributed by atoms with Crippen LogP contribution < -0.4 is 5.32 Å². The van der Waals surface area contributed by atoms with E-state index in [0.29, 0.717) is 0 Å². The third-order valence-corrected chi connectivity index (χ3v) is 5.64. The van der Waals surface area contributed by atoms with Gasteiger partial charge in [-0.2, -0.15) is 0 Å². The van der Waals surface area contributed by atoms with Gasteiger partial charge in [0.15, 0.2) is 5.13 Å². The number of nitrogens with zero attached hydrogens (tertiary/aromatic N) is 1. The molecule has 0 radical (unpaired) electrons. The minimum Gasteiger partial charge on any atom is -0.331 e. The molecule has 0 atom stereocenters. The molecular weight excluding hydrogens is 320 g/mol. The van der Waals surface area contributed by atoms with E-state index >= 15 is 0 Å². The lowest BCUT2D eigenvalue weighted by Gasteiger charge is -2.09. The third-order valence-electron chi connectivity index (χ3n) is 3.50. The molecule has 122 valence electrons. The highest BCUT2D eigenvalue weighted by atomic mass is 32.2. The van der Waals surface area contributed by atoms with Gasteiger partial charge in [-0.1, -0.05) is 48.5 Å². The Morgan fingerprint density at radius 3 is 2.65 bits per heavy atom. The Balaban J connectivity index is 2.24.